The van der Waals surface area contributed by atoms with Crippen molar-refractivity contribution >= 4 is 33.0 Å². The molecule has 1 rings (SSSR count). The molecule has 0 radical (unpaired) electrons. The molecule has 0 saturated heterocycles. The second-order valence-corrected chi connectivity index (χ2v) is 4.34. The van der Waals surface area contributed by atoms with Crippen LogP contribution in [0.5, 0.6) is 0 Å². The van der Waals surface area contributed by atoms with Gasteiger partial charge in [-0.1, -0.05) is 15.9 Å². The van der Waals surface area contributed by atoms with Gasteiger partial charge < -0.3 is 0 Å². The Morgan fingerprint density at radius 1 is 1.64 bits per heavy atom. The van der Waals surface area contributed by atoms with Crippen LogP contribution in [-0.2, 0) is 0 Å². The van der Waals surface area contributed by atoms with Gasteiger partial charge in [-0.2, -0.15) is 13.2 Å². The van der Waals surface area contributed by atoms with Crippen LogP contribution in [0, 0.1) is 0 Å². The van der Waals surface area contributed by atoms with Gasteiger partial charge >= 0.3 is 6.18 Å². The molecule has 0 amide bonds. The van der Waals surface area contributed by atoms with Crippen molar-refractivity contribution in [2.24, 2.45) is 0 Å². The molecule has 0 aliphatic rings. The Balaban J connectivity index is 2.92. The van der Waals surface area contributed by atoms with Gasteiger partial charge in [0.2, 0.25) is 0 Å². The minimum Gasteiger partial charge on any atom is -0.293 e. The number of carbonyl (C=O) groups is 1. The standard InChI is InChI=1S/C7H5BrF3NOS/c1-3(13)4-2-14-6(12-4)5(8)7(9,10)11/h2,5H,1H3. The van der Waals surface area contributed by atoms with E-state index in [2.05, 4.69) is 20.9 Å². The molecule has 14 heavy (non-hydrogen) atoms. The van der Waals surface area contributed by atoms with Gasteiger partial charge in [0.1, 0.15) is 10.7 Å². The molecule has 1 atom stereocenters. The van der Waals surface area contributed by atoms with Gasteiger partial charge in [-0.25, -0.2) is 4.98 Å². The van der Waals surface area contributed by atoms with E-state index in [1.165, 1.54) is 12.3 Å². The number of thiazole rings is 1. The smallest absolute Gasteiger partial charge is 0.293 e. The topological polar surface area (TPSA) is 30.0 Å². The Bertz CT molecular complexity index is 349. The van der Waals surface area contributed by atoms with Gasteiger partial charge in [-0.05, 0) is 0 Å². The molecule has 1 unspecified atom stereocenters. The van der Waals surface area contributed by atoms with Crippen LogP contribution in [0.25, 0.3) is 0 Å². The average Bonchev–Trinajstić information content (AvgIpc) is 2.48. The van der Waals surface area contributed by atoms with E-state index in [4.69, 9.17) is 0 Å². The number of aromatic nitrogens is 1. The predicted octanol–water partition coefficient (Wildman–Crippen LogP) is 3.34. The molecule has 0 aliphatic carbocycles. The van der Waals surface area contributed by atoms with Crippen LogP contribution in [0.4, 0.5) is 13.2 Å². The van der Waals surface area contributed by atoms with Gasteiger partial charge in [-0.15, -0.1) is 11.3 Å². The number of hydrogen-bond acceptors (Lipinski definition) is 3. The SMILES string of the molecule is CC(=O)c1csc(C(Br)C(F)(F)F)n1. The first-order valence-electron chi connectivity index (χ1n) is 3.49. The first kappa shape index (κ1) is 11.6. The van der Waals surface area contributed by atoms with Gasteiger partial charge in [0.05, 0.1) is 0 Å². The van der Waals surface area contributed by atoms with Crippen molar-refractivity contribution < 1.29 is 18.0 Å². The second-order valence-electron chi connectivity index (χ2n) is 2.53. The van der Waals surface area contributed by atoms with Crippen LogP contribution < -0.4 is 0 Å². The molecule has 0 spiro atoms. The Hall–Kier alpha value is -0.430. The molecule has 1 aromatic heterocycles. The zero-order valence-corrected chi connectivity index (χ0v) is 9.33. The summed E-state index contributed by atoms with van der Waals surface area (Å²) in [5.74, 6) is -0.339. The molecule has 1 aromatic rings. The molecule has 2 nitrogen and oxygen atoms in total. The van der Waals surface area contributed by atoms with Crippen LogP contribution in [0.1, 0.15) is 27.2 Å². The van der Waals surface area contributed by atoms with Crippen LogP contribution in [0.2, 0.25) is 0 Å². The fourth-order valence-corrected chi connectivity index (χ4v) is 1.99. The lowest BCUT2D eigenvalue weighted by Crippen LogP contribution is -2.15. The van der Waals surface area contributed by atoms with Gasteiger partial charge in [0.25, 0.3) is 0 Å². The monoisotopic (exact) mass is 287 g/mol. The van der Waals surface area contributed by atoms with E-state index in [9.17, 15) is 18.0 Å². The molecule has 0 aliphatic heterocycles. The van der Waals surface area contributed by atoms with Crippen LogP contribution >= 0.6 is 27.3 Å². The molecule has 7 heteroatoms. The largest absolute Gasteiger partial charge is 0.407 e. The Morgan fingerprint density at radius 2 is 2.21 bits per heavy atom. The summed E-state index contributed by atoms with van der Waals surface area (Å²) in [7, 11) is 0. The Kier molecular flexibility index (Phi) is 3.31. The van der Waals surface area contributed by atoms with E-state index < -0.39 is 11.0 Å². The molecule has 0 fully saturated rings. The minimum atomic E-state index is -4.38. The number of halogens is 4. The number of carbonyl (C=O) groups excluding carboxylic acids is 1. The van der Waals surface area contributed by atoms with Crippen LogP contribution in [0.3, 0.4) is 0 Å². The highest BCUT2D eigenvalue weighted by Gasteiger charge is 2.40. The number of hydrogen-bond donors (Lipinski definition) is 0. The lowest BCUT2D eigenvalue weighted by Gasteiger charge is -2.10. The van der Waals surface area contributed by atoms with Crippen molar-refractivity contribution in [2.45, 2.75) is 17.9 Å². The normalized spacial score (nSPS) is 14.1. The third kappa shape index (κ3) is 2.54. The summed E-state index contributed by atoms with van der Waals surface area (Å²) in [6.07, 6.45) is -4.38. The molecule has 0 N–H and O–H groups in total. The van der Waals surface area contributed by atoms with E-state index in [1.54, 1.807) is 0 Å². The molecule has 1 heterocycles. The van der Waals surface area contributed by atoms with E-state index in [-0.39, 0.29) is 16.5 Å². The summed E-state index contributed by atoms with van der Waals surface area (Å²) in [6, 6.07) is 0. The zero-order chi connectivity index (χ0) is 10.9. The van der Waals surface area contributed by atoms with Crippen molar-refractivity contribution in [1.82, 2.24) is 4.98 Å². The average molecular weight is 288 g/mol. The first-order valence-corrected chi connectivity index (χ1v) is 5.29. The summed E-state index contributed by atoms with van der Waals surface area (Å²) in [5.41, 5.74) is 0.0682. The van der Waals surface area contributed by atoms with Crippen LogP contribution in [-0.4, -0.2) is 16.9 Å². The number of rotatable bonds is 2. The number of alkyl halides is 4. The molecule has 78 valence electrons. The summed E-state index contributed by atoms with van der Waals surface area (Å²) in [6.45, 7) is 1.26. The number of ketones is 1. The molecule has 0 aromatic carbocycles. The van der Waals surface area contributed by atoms with Crippen molar-refractivity contribution in [3.8, 4) is 0 Å². The van der Waals surface area contributed by atoms with Crippen molar-refractivity contribution in [1.29, 1.82) is 0 Å². The molecular formula is C7H5BrF3NOS. The highest BCUT2D eigenvalue weighted by molar-refractivity contribution is 9.09. The summed E-state index contributed by atoms with van der Waals surface area (Å²) in [4.78, 5) is 12.6. The highest BCUT2D eigenvalue weighted by Crippen LogP contribution is 2.40. The van der Waals surface area contributed by atoms with Gasteiger partial charge in [0.15, 0.2) is 10.6 Å². The van der Waals surface area contributed by atoms with E-state index in [0.717, 1.165) is 11.3 Å². The molecule has 0 bridgehead atoms. The number of Topliss-reactive ketones (excluding diaryl/α,β-unsaturated/α-hetero) is 1. The van der Waals surface area contributed by atoms with Gasteiger partial charge in [-0.3, -0.25) is 4.79 Å². The Morgan fingerprint density at radius 3 is 2.57 bits per heavy atom. The molecular weight excluding hydrogens is 283 g/mol. The Labute approximate surface area is 90.3 Å². The van der Waals surface area contributed by atoms with Crippen molar-refractivity contribution in [3.05, 3.63) is 16.1 Å². The minimum absolute atomic E-state index is 0.0682. The third-order valence-corrected chi connectivity index (χ3v) is 3.55. The highest BCUT2D eigenvalue weighted by atomic mass is 79.9. The first-order chi connectivity index (χ1) is 6.32. The maximum atomic E-state index is 12.2. The van der Waals surface area contributed by atoms with Gasteiger partial charge in [0, 0.05) is 12.3 Å². The fraction of sp³-hybridized carbons (Fsp3) is 0.429. The van der Waals surface area contributed by atoms with Crippen molar-refractivity contribution in [3.63, 3.8) is 0 Å². The van der Waals surface area contributed by atoms with E-state index in [0.29, 0.717) is 0 Å². The fourth-order valence-electron chi connectivity index (χ4n) is 0.706. The summed E-state index contributed by atoms with van der Waals surface area (Å²) < 4.78 is 36.5. The predicted molar refractivity (Wildman–Crippen MR) is 49.8 cm³/mol. The van der Waals surface area contributed by atoms with E-state index in [1.807, 2.05) is 0 Å². The third-order valence-electron chi connectivity index (χ3n) is 1.39. The molecule has 0 saturated carbocycles. The maximum absolute atomic E-state index is 12.2. The van der Waals surface area contributed by atoms with Crippen molar-refractivity contribution in [2.75, 3.05) is 0 Å². The maximum Gasteiger partial charge on any atom is 0.407 e. The lowest BCUT2D eigenvalue weighted by molar-refractivity contribution is -0.128. The summed E-state index contributed by atoms with van der Waals surface area (Å²) in [5, 5.41) is 1.17. The van der Waals surface area contributed by atoms with Crippen LogP contribution in [0.15, 0.2) is 5.38 Å². The lowest BCUT2D eigenvalue weighted by atomic mass is 10.3. The quantitative estimate of drug-likeness (QED) is 0.617. The van der Waals surface area contributed by atoms with E-state index >= 15 is 0 Å². The second kappa shape index (κ2) is 3.98. The zero-order valence-electron chi connectivity index (χ0n) is 6.93. The number of nitrogens with zero attached hydrogens (tertiary/aromatic N) is 1. The summed E-state index contributed by atoms with van der Waals surface area (Å²) >= 11 is 3.29.